The number of rotatable bonds is 6. The lowest BCUT2D eigenvalue weighted by molar-refractivity contribution is 0.249. The van der Waals surface area contributed by atoms with Gasteiger partial charge in [0, 0.05) is 17.8 Å². The quantitative estimate of drug-likeness (QED) is 0.722. The Bertz CT molecular complexity index is 813. The average Bonchev–Trinajstić information content (AvgIpc) is 3.02. The van der Waals surface area contributed by atoms with E-state index in [2.05, 4.69) is 34.2 Å². The summed E-state index contributed by atoms with van der Waals surface area (Å²) in [6.45, 7) is 4.16. The number of hydrogen-bond acceptors (Lipinski definition) is 6. The molecule has 24 heavy (non-hydrogen) atoms. The van der Waals surface area contributed by atoms with Crippen LogP contribution in [0.2, 0.25) is 0 Å². The average molecular weight is 327 g/mol. The van der Waals surface area contributed by atoms with Gasteiger partial charge in [-0.15, -0.1) is 5.10 Å². The lowest BCUT2D eigenvalue weighted by Gasteiger charge is -2.20. The molecule has 7 heteroatoms. The van der Waals surface area contributed by atoms with E-state index in [9.17, 15) is 5.11 Å². The Labute approximate surface area is 140 Å². The van der Waals surface area contributed by atoms with Crippen LogP contribution < -0.4 is 10.1 Å². The molecule has 1 atom stereocenters. The van der Waals surface area contributed by atoms with Gasteiger partial charge in [-0.25, -0.2) is 14.5 Å². The van der Waals surface area contributed by atoms with Gasteiger partial charge < -0.3 is 15.2 Å². The molecule has 3 rings (SSSR count). The van der Waals surface area contributed by atoms with Crippen molar-refractivity contribution in [2.45, 2.75) is 19.9 Å². The van der Waals surface area contributed by atoms with Crippen molar-refractivity contribution in [3.8, 4) is 17.1 Å². The largest absolute Gasteiger partial charge is 0.481 e. The summed E-state index contributed by atoms with van der Waals surface area (Å²) in [6.07, 6.45) is 3.50. The van der Waals surface area contributed by atoms with E-state index in [-0.39, 0.29) is 12.6 Å². The number of aliphatic hydroxyl groups is 1. The zero-order valence-corrected chi connectivity index (χ0v) is 14.0. The summed E-state index contributed by atoms with van der Waals surface area (Å²) in [4.78, 5) is 8.60. The van der Waals surface area contributed by atoms with Gasteiger partial charge in [0.05, 0.1) is 31.6 Å². The minimum atomic E-state index is -0.0513. The summed E-state index contributed by atoms with van der Waals surface area (Å²) in [5, 5.41) is 17.3. The van der Waals surface area contributed by atoms with Crippen molar-refractivity contribution in [2.75, 3.05) is 19.0 Å². The third kappa shape index (κ3) is 3.16. The number of hydrogen-bond donors (Lipinski definition) is 2. The fraction of sp³-hybridized carbons (Fsp3) is 0.353. The van der Waals surface area contributed by atoms with Crippen molar-refractivity contribution in [3.05, 3.63) is 36.7 Å². The van der Waals surface area contributed by atoms with Crippen LogP contribution in [0.15, 0.2) is 36.7 Å². The summed E-state index contributed by atoms with van der Waals surface area (Å²) in [5.41, 5.74) is 2.49. The molecule has 0 aromatic carbocycles. The van der Waals surface area contributed by atoms with E-state index in [0.29, 0.717) is 17.6 Å². The second kappa shape index (κ2) is 6.84. The van der Waals surface area contributed by atoms with Crippen molar-refractivity contribution in [3.63, 3.8) is 0 Å². The van der Waals surface area contributed by atoms with Crippen LogP contribution in [0.1, 0.15) is 13.8 Å². The smallest absolute Gasteiger partial charge is 0.212 e. The number of methoxy groups -OCH3 is 1. The number of fused-ring (bicyclic) bond motifs is 1. The van der Waals surface area contributed by atoms with Gasteiger partial charge in [-0.1, -0.05) is 13.8 Å². The number of nitrogens with zero attached hydrogens (tertiary/aromatic N) is 4. The highest BCUT2D eigenvalue weighted by Gasteiger charge is 2.14. The first kappa shape index (κ1) is 16.2. The Morgan fingerprint density at radius 2 is 2.00 bits per heavy atom. The monoisotopic (exact) mass is 327 g/mol. The van der Waals surface area contributed by atoms with E-state index in [4.69, 9.17) is 4.74 Å². The molecule has 0 amide bonds. The molecule has 0 saturated carbocycles. The zero-order valence-electron chi connectivity index (χ0n) is 14.0. The highest BCUT2D eigenvalue weighted by atomic mass is 16.5. The Morgan fingerprint density at radius 1 is 1.17 bits per heavy atom. The molecular formula is C17H21N5O2. The molecule has 3 aromatic rings. The first-order chi connectivity index (χ1) is 11.6. The van der Waals surface area contributed by atoms with E-state index < -0.39 is 0 Å². The predicted molar refractivity (Wildman–Crippen MR) is 92.1 cm³/mol. The topological polar surface area (TPSA) is 84.6 Å². The maximum Gasteiger partial charge on any atom is 0.212 e. The third-order valence-electron chi connectivity index (χ3n) is 3.94. The summed E-state index contributed by atoms with van der Waals surface area (Å²) < 4.78 is 6.85. The first-order valence-electron chi connectivity index (χ1n) is 7.85. The number of pyridine rings is 1. The molecule has 0 aliphatic carbocycles. The van der Waals surface area contributed by atoms with Gasteiger partial charge in [0.2, 0.25) is 5.88 Å². The van der Waals surface area contributed by atoms with Crippen LogP contribution in [-0.2, 0) is 0 Å². The van der Waals surface area contributed by atoms with Gasteiger partial charge in [-0.3, -0.25) is 0 Å². The second-order valence-corrected chi connectivity index (χ2v) is 5.90. The van der Waals surface area contributed by atoms with Crippen molar-refractivity contribution in [1.82, 2.24) is 19.6 Å². The van der Waals surface area contributed by atoms with Crippen LogP contribution in [-0.4, -0.2) is 44.4 Å². The van der Waals surface area contributed by atoms with Crippen LogP contribution in [0, 0.1) is 5.92 Å². The highest BCUT2D eigenvalue weighted by molar-refractivity contribution is 5.63. The zero-order chi connectivity index (χ0) is 17.1. The fourth-order valence-corrected chi connectivity index (χ4v) is 2.41. The molecule has 0 aliphatic rings. The minimum absolute atomic E-state index is 0.0513. The molecule has 0 bridgehead atoms. The number of ether oxygens (including phenoxy) is 1. The fourth-order valence-electron chi connectivity index (χ4n) is 2.41. The third-order valence-corrected chi connectivity index (χ3v) is 3.94. The number of nitrogens with one attached hydrogen (secondary N) is 1. The normalized spacial score (nSPS) is 12.5. The van der Waals surface area contributed by atoms with Crippen LogP contribution in [0.25, 0.3) is 16.9 Å². The van der Waals surface area contributed by atoms with Crippen molar-refractivity contribution < 1.29 is 9.84 Å². The Kier molecular flexibility index (Phi) is 4.61. The molecule has 7 nitrogen and oxygen atoms in total. The predicted octanol–water partition coefficient (Wildman–Crippen LogP) is 2.23. The SMILES string of the molecule is COc1ccc(-c2cnc3ccc(N[C@H](CO)C(C)C)nn23)cn1. The van der Waals surface area contributed by atoms with E-state index >= 15 is 0 Å². The lowest BCUT2D eigenvalue weighted by atomic mass is 10.1. The molecule has 3 heterocycles. The van der Waals surface area contributed by atoms with E-state index in [1.807, 2.05) is 18.2 Å². The Morgan fingerprint density at radius 3 is 2.62 bits per heavy atom. The molecule has 0 fully saturated rings. The maximum absolute atomic E-state index is 9.48. The van der Waals surface area contributed by atoms with Gasteiger partial charge in [-0.05, 0) is 24.1 Å². The molecule has 3 aromatic heterocycles. The standard InChI is InChI=1S/C17H21N5O2/c1-11(2)13(10-23)20-15-5-6-16-18-9-14(22(16)21-15)12-4-7-17(24-3)19-8-12/h4-9,11,13,23H,10H2,1-3H3,(H,20,21)/t13-/m1/s1. The summed E-state index contributed by atoms with van der Waals surface area (Å²) >= 11 is 0. The van der Waals surface area contributed by atoms with Gasteiger partial charge in [0.15, 0.2) is 5.65 Å². The number of anilines is 1. The summed E-state index contributed by atoms with van der Waals surface area (Å²) in [7, 11) is 1.59. The molecule has 2 N–H and O–H groups in total. The van der Waals surface area contributed by atoms with Crippen molar-refractivity contribution in [1.29, 1.82) is 0 Å². The Balaban J connectivity index is 1.96. The van der Waals surface area contributed by atoms with Crippen LogP contribution in [0.3, 0.4) is 0 Å². The molecular weight excluding hydrogens is 306 g/mol. The van der Waals surface area contributed by atoms with E-state index in [1.165, 1.54) is 0 Å². The van der Waals surface area contributed by atoms with Crippen LogP contribution >= 0.6 is 0 Å². The highest BCUT2D eigenvalue weighted by Crippen LogP contribution is 2.22. The van der Waals surface area contributed by atoms with E-state index in [1.54, 1.807) is 30.1 Å². The van der Waals surface area contributed by atoms with Crippen molar-refractivity contribution in [2.24, 2.45) is 5.92 Å². The van der Waals surface area contributed by atoms with Crippen LogP contribution in [0.5, 0.6) is 5.88 Å². The second-order valence-electron chi connectivity index (χ2n) is 5.90. The van der Waals surface area contributed by atoms with E-state index in [0.717, 1.165) is 16.9 Å². The number of imidazole rings is 1. The molecule has 0 unspecified atom stereocenters. The lowest BCUT2D eigenvalue weighted by Crippen LogP contribution is -2.30. The Hall–Kier alpha value is -2.67. The first-order valence-corrected chi connectivity index (χ1v) is 7.85. The summed E-state index contributed by atoms with van der Waals surface area (Å²) in [6, 6.07) is 7.43. The number of aliphatic hydroxyl groups excluding tert-OH is 1. The van der Waals surface area contributed by atoms with Gasteiger partial charge in [0.1, 0.15) is 5.82 Å². The van der Waals surface area contributed by atoms with Gasteiger partial charge in [0.25, 0.3) is 0 Å². The number of aromatic nitrogens is 4. The van der Waals surface area contributed by atoms with Crippen LogP contribution in [0.4, 0.5) is 5.82 Å². The molecule has 126 valence electrons. The molecule has 0 saturated heterocycles. The molecule has 0 spiro atoms. The molecule has 0 aliphatic heterocycles. The molecule has 0 radical (unpaired) electrons. The van der Waals surface area contributed by atoms with Gasteiger partial charge >= 0.3 is 0 Å². The maximum atomic E-state index is 9.48. The van der Waals surface area contributed by atoms with Crippen molar-refractivity contribution >= 4 is 11.5 Å². The minimum Gasteiger partial charge on any atom is -0.481 e. The summed E-state index contributed by atoms with van der Waals surface area (Å²) in [5.74, 6) is 1.54. The van der Waals surface area contributed by atoms with Gasteiger partial charge in [-0.2, -0.15) is 0 Å².